The van der Waals surface area contributed by atoms with Crippen LogP contribution >= 0.6 is 34.8 Å². The number of benzene rings is 2. The summed E-state index contributed by atoms with van der Waals surface area (Å²) in [5.41, 5.74) is 1.96. The van der Waals surface area contributed by atoms with Crippen LogP contribution in [0, 0.1) is 0 Å². The second-order valence-electron chi connectivity index (χ2n) is 3.62. The van der Waals surface area contributed by atoms with E-state index in [4.69, 9.17) is 39.5 Å². The molecule has 0 unspecified atom stereocenters. The van der Waals surface area contributed by atoms with E-state index in [-0.39, 0.29) is 5.75 Å². The van der Waals surface area contributed by atoms with E-state index in [2.05, 4.69) is 0 Å². The molecular weight excluding hydrogens is 295 g/mol. The fourth-order valence-electron chi connectivity index (χ4n) is 1.50. The van der Waals surface area contributed by atoms with Crippen molar-refractivity contribution >= 4 is 34.8 Å². The van der Waals surface area contributed by atoms with Gasteiger partial charge in [0, 0.05) is 0 Å². The van der Waals surface area contributed by atoms with Crippen molar-refractivity contribution in [2.45, 2.75) is 3.98 Å². The first-order valence-electron chi connectivity index (χ1n) is 5.09. The highest BCUT2D eigenvalue weighted by molar-refractivity contribution is 6.66. The number of alkyl halides is 3. The molecule has 0 fully saturated rings. The summed E-state index contributed by atoms with van der Waals surface area (Å²) in [6.07, 6.45) is 0. The Hall–Kier alpha value is -1.09. The topological polar surface area (TPSA) is 29.5 Å². The Labute approximate surface area is 120 Å². The molecule has 0 aromatic heterocycles. The van der Waals surface area contributed by atoms with Gasteiger partial charge in [0.15, 0.2) is 0 Å². The Morgan fingerprint density at radius 3 is 1.67 bits per heavy atom. The molecule has 18 heavy (non-hydrogen) atoms. The normalized spacial score (nSPS) is 11.3. The van der Waals surface area contributed by atoms with Crippen molar-refractivity contribution in [3.8, 4) is 22.6 Å². The maximum Gasteiger partial charge on any atom is 0.338 e. The van der Waals surface area contributed by atoms with E-state index >= 15 is 0 Å². The van der Waals surface area contributed by atoms with E-state index in [1.54, 1.807) is 24.3 Å². The van der Waals surface area contributed by atoms with Crippen molar-refractivity contribution in [2.75, 3.05) is 0 Å². The molecule has 0 aliphatic carbocycles. The van der Waals surface area contributed by atoms with Crippen LogP contribution in [0.25, 0.3) is 11.1 Å². The third kappa shape index (κ3) is 3.70. The second-order valence-corrected chi connectivity index (χ2v) is 5.80. The van der Waals surface area contributed by atoms with Crippen LogP contribution in [0.3, 0.4) is 0 Å². The molecule has 0 saturated heterocycles. The van der Waals surface area contributed by atoms with Gasteiger partial charge in [-0.2, -0.15) is 0 Å². The molecule has 0 radical (unpaired) electrons. The van der Waals surface area contributed by atoms with Crippen molar-refractivity contribution in [3.05, 3.63) is 48.5 Å². The Morgan fingerprint density at radius 1 is 0.778 bits per heavy atom. The molecule has 0 spiro atoms. The first-order valence-corrected chi connectivity index (χ1v) is 6.23. The van der Waals surface area contributed by atoms with Crippen LogP contribution in [-0.2, 0) is 0 Å². The predicted molar refractivity (Wildman–Crippen MR) is 74.5 cm³/mol. The maximum absolute atomic E-state index is 9.21. The quantitative estimate of drug-likeness (QED) is 0.810. The highest BCUT2D eigenvalue weighted by atomic mass is 35.6. The van der Waals surface area contributed by atoms with Crippen molar-refractivity contribution in [1.82, 2.24) is 0 Å². The predicted octanol–water partition coefficient (Wildman–Crippen LogP) is 4.77. The molecule has 2 rings (SSSR count). The molecule has 1 N–H and O–H groups in total. The zero-order valence-corrected chi connectivity index (χ0v) is 11.4. The molecule has 94 valence electrons. The minimum Gasteiger partial charge on any atom is -0.508 e. The molecule has 0 amide bonds. The van der Waals surface area contributed by atoms with E-state index in [9.17, 15) is 5.11 Å². The van der Waals surface area contributed by atoms with Crippen molar-refractivity contribution in [2.24, 2.45) is 0 Å². The van der Waals surface area contributed by atoms with E-state index in [1.807, 2.05) is 24.3 Å². The molecule has 0 atom stereocenters. The lowest BCUT2D eigenvalue weighted by Gasteiger charge is -2.13. The second kappa shape index (κ2) is 5.27. The number of hydrogen-bond donors (Lipinski definition) is 1. The van der Waals surface area contributed by atoms with E-state index in [0.29, 0.717) is 5.75 Å². The van der Waals surface area contributed by atoms with Gasteiger partial charge in [-0.15, -0.1) is 0 Å². The summed E-state index contributed by atoms with van der Waals surface area (Å²) in [5.74, 6) is 0.701. The molecule has 0 saturated carbocycles. The molecule has 2 aromatic carbocycles. The van der Waals surface area contributed by atoms with Gasteiger partial charge in [0.2, 0.25) is 0 Å². The molecule has 5 heteroatoms. The summed E-state index contributed by atoms with van der Waals surface area (Å²) in [5, 5.41) is 9.21. The average molecular weight is 304 g/mol. The van der Waals surface area contributed by atoms with Gasteiger partial charge in [-0.25, -0.2) is 0 Å². The van der Waals surface area contributed by atoms with Crippen molar-refractivity contribution < 1.29 is 9.84 Å². The smallest absolute Gasteiger partial charge is 0.338 e. The monoisotopic (exact) mass is 302 g/mol. The number of ether oxygens (including phenoxy) is 1. The number of aromatic hydroxyl groups is 1. The standard InChI is InChI=1S/C13H9Cl3O2/c14-13(15,16)18-12-7-3-10(4-8-12)9-1-5-11(17)6-2-9/h1-8,17H. The zero-order valence-electron chi connectivity index (χ0n) is 9.11. The summed E-state index contributed by atoms with van der Waals surface area (Å²) in [6, 6.07) is 14.0. The van der Waals surface area contributed by atoms with Gasteiger partial charge in [-0.3, -0.25) is 0 Å². The molecule has 2 nitrogen and oxygen atoms in total. The molecule has 0 aliphatic rings. The molecular formula is C13H9Cl3O2. The first kappa shape index (κ1) is 13.3. The van der Waals surface area contributed by atoms with Crippen LogP contribution in [0.2, 0.25) is 0 Å². The minimum absolute atomic E-state index is 0.231. The fourth-order valence-corrected chi connectivity index (χ4v) is 1.77. The van der Waals surface area contributed by atoms with Crippen LogP contribution in [0.4, 0.5) is 0 Å². The third-order valence-corrected chi connectivity index (χ3v) is 2.52. The van der Waals surface area contributed by atoms with Crippen LogP contribution in [0.1, 0.15) is 0 Å². The largest absolute Gasteiger partial charge is 0.508 e. The van der Waals surface area contributed by atoms with Gasteiger partial charge < -0.3 is 9.84 Å². The van der Waals surface area contributed by atoms with Crippen molar-refractivity contribution in [1.29, 1.82) is 0 Å². The lowest BCUT2D eigenvalue weighted by Crippen LogP contribution is -2.12. The lowest BCUT2D eigenvalue weighted by atomic mass is 10.1. The van der Waals surface area contributed by atoms with Crippen LogP contribution < -0.4 is 4.74 Å². The number of halogens is 3. The molecule has 2 aromatic rings. The Kier molecular flexibility index (Phi) is 3.91. The SMILES string of the molecule is Oc1ccc(-c2ccc(OC(Cl)(Cl)Cl)cc2)cc1. The first-order chi connectivity index (χ1) is 8.44. The van der Waals surface area contributed by atoms with Gasteiger partial charge in [0.25, 0.3) is 0 Å². The Morgan fingerprint density at radius 2 is 1.22 bits per heavy atom. The Balaban J connectivity index is 2.20. The van der Waals surface area contributed by atoms with E-state index in [0.717, 1.165) is 11.1 Å². The fraction of sp³-hybridized carbons (Fsp3) is 0.0769. The van der Waals surface area contributed by atoms with E-state index in [1.165, 1.54) is 0 Å². The molecule has 0 heterocycles. The van der Waals surface area contributed by atoms with Gasteiger partial charge in [0.05, 0.1) is 0 Å². The van der Waals surface area contributed by atoms with Gasteiger partial charge in [-0.05, 0) is 70.2 Å². The highest BCUT2D eigenvalue weighted by Crippen LogP contribution is 2.31. The van der Waals surface area contributed by atoms with Gasteiger partial charge >= 0.3 is 3.98 Å². The number of phenols is 1. The summed E-state index contributed by atoms with van der Waals surface area (Å²) >= 11 is 16.6. The number of hydrogen-bond acceptors (Lipinski definition) is 2. The summed E-state index contributed by atoms with van der Waals surface area (Å²) in [6.45, 7) is 0. The average Bonchev–Trinajstić information content (AvgIpc) is 2.29. The lowest BCUT2D eigenvalue weighted by molar-refractivity contribution is 0.320. The number of phenolic OH excluding ortho intramolecular Hbond substituents is 1. The van der Waals surface area contributed by atoms with E-state index < -0.39 is 3.98 Å². The van der Waals surface area contributed by atoms with Crippen molar-refractivity contribution in [3.63, 3.8) is 0 Å². The van der Waals surface area contributed by atoms with Crippen LogP contribution in [0.5, 0.6) is 11.5 Å². The van der Waals surface area contributed by atoms with Crippen LogP contribution in [0.15, 0.2) is 48.5 Å². The third-order valence-electron chi connectivity index (χ3n) is 2.29. The number of rotatable bonds is 2. The van der Waals surface area contributed by atoms with Gasteiger partial charge in [0.1, 0.15) is 11.5 Å². The summed E-state index contributed by atoms with van der Waals surface area (Å²) in [7, 11) is 0. The molecule has 0 bridgehead atoms. The maximum atomic E-state index is 9.21. The Bertz CT molecular complexity index is 515. The van der Waals surface area contributed by atoms with Gasteiger partial charge in [-0.1, -0.05) is 24.3 Å². The summed E-state index contributed by atoms with van der Waals surface area (Å²) < 4.78 is 3.30. The highest BCUT2D eigenvalue weighted by Gasteiger charge is 2.21. The summed E-state index contributed by atoms with van der Waals surface area (Å²) in [4.78, 5) is 0. The minimum atomic E-state index is -1.76. The molecule has 0 aliphatic heterocycles. The zero-order chi connectivity index (χ0) is 13.2. The van der Waals surface area contributed by atoms with Crippen LogP contribution in [-0.4, -0.2) is 9.09 Å².